The number of nitriles is 1. The van der Waals surface area contributed by atoms with E-state index in [2.05, 4.69) is 0 Å². The number of anilines is 1. The third-order valence-electron chi connectivity index (χ3n) is 2.35. The lowest BCUT2D eigenvalue weighted by Crippen LogP contribution is -2.18. The summed E-state index contributed by atoms with van der Waals surface area (Å²) in [4.78, 5) is 11.5. The quantitative estimate of drug-likeness (QED) is 0.403. The molecule has 1 aromatic carbocycles. The second-order valence-corrected chi connectivity index (χ2v) is 3.58. The van der Waals surface area contributed by atoms with Crippen LogP contribution in [0, 0.1) is 11.3 Å². The van der Waals surface area contributed by atoms with E-state index in [1.165, 1.54) is 24.3 Å². The fraction of sp³-hybridized carbons (Fsp3) is 0.333. The van der Waals surface area contributed by atoms with Crippen LogP contribution in [-0.4, -0.2) is 28.9 Å². The lowest BCUT2D eigenvalue weighted by atomic mass is 10.0. The fourth-order valence-electron chi connectivity index (χ4n) is 1.41. The summed E-state index contributed by atoms with van der Waals surface area (Å²) in [6.07, 6.45) is -3.07. The van der Waals surface area contributed by atoms with E-state index in [0.29, 0.717) is 0 Å². The summed E-state index contributed by atoms with van der Waals surface area (Å²) in [6, 6.07) is 5.66. The molecule has 0 fully saturated rings. The lowest BCUT2D eigenvalue weighted by molar-refractivity contribution is 0.0508. The normalized spacial score (nSPS) is 13.4. The van der Waals surface area contributed by atoms with Gasteiger partial charge in [0.05, 0.1) is 18.2 Å². The van der Waals surface area contributed by atoms with Gasteiger partial charge in [-0.15, -0.1) is 0 Å². The van der Waals surface area contributed by atoms with Crippen LogP contribution in [-0.2, 0) is 4.74 Å². The van der Waals surface area contributed by atoms with E-state index >= 15 is 0 Å². The smallest absolute Gasteiger partial charge is 0.338 e. The molecule has 0 aliphatic rings. The zero-order chi connectivity index (χ0) is 13.7. The average molecular weight is 250 g/mol. The number of carbonyl (C=O) groups excluding carboxylic acids is 1. The molecular weight excluding hydrogens is 236 g/mol. The Morgan fingerprint density at radius 3 is 2.78 bits per heavy atom. The molecular formula is C12H14N2O4. The van der Waals surface area contributed by atoms with Gasteiger partial charge in [-0.3, -0.25) is 0 Å². The molecule has 0 spiro atoms. The van der Waals surface area contributed by atoms with Crippen molar-refractivity contribution in [2.24, 2.45) is 0 Å². The number of carbonyl (C=O) groups is 1. The molecule has 0 saturated heterocycles. The van der Waals surface area contributed by atoms with Gasteiger partial charge in [-0.1, -0.05) is 0 Å². The molecule has 0 aliphatic heterocycles. The Balaban J connectivity index is 3.09. The molecule has 0 aliphatic carbocycles. The molecule has 96 valence electrons. The number of hydrogen-bond acceptors (Lipinski definition) is 6. The monoisotopic (exact) mass is 250 g/mol. The minimum absolute atomic E-state index is 0.120. The molecule has 4 N–H and O–H groups in total. The van der Waals surface area contributed by atoms with Crippen LogP contribution < -0.4 is 5.73 Å². The van der Waals surface area contributed by atoms with Gasteiger partial charge in [-0.2, -0.15) is 5.26 Å². The van der Waals surface area contributed by atoms with Crippen LogP contribution in [0.2, 0.25) is 0 Å². The first-order valence-corrected chi connectivity index (χ1v) is 5.33. The number of nitrogens with zero attached hydrogens (tertiary/aromatic N) is 1. The van der Waals surface area contributed by atoms with Gasteiger partial charge in [-0.05, 0) is 25.1 Å². The van der Waals surface area contributed by atoms with Crippen LogP contribution in [0.15, 0.2) is 18.2 Å². The number of nitrogen functional groups attached to an aromatic ring is 1. The van der Waals surface area contributed by atoms with E-state index in [9.17, 15) is 15.0 Å². The Hall–Kier alpha value is -2.10. The second kappa shape index (κ2) is 6.00. The number of esters is 1. The number of benzene rings is 1. The Morgan fingerprint density at radius 1 is 1.56 bits per heavy atom. The maximum atomic E-state index is 11.5. The van der Waals surface area contributed by atoms with E-state index in [4.69, 9.17) is 15.7 Å². The number of hydrogen-bond donors (Lipinski definition) is 3. The van der Waals surface area contributed by atoms with Gasteiger partial charge in [0, 0.05) is 11.3 Å². The predicted octanol–water partition coefficient (Wildman–Crippen LogP) is 0.363. The van der Waals surface area contributed by atoms with Crippen molar-refractivity contribution in [2.45, 2.75) is 19.1 Å². The second-order valence-electron chi connectivity index (χ2n) is 3.58. The number of ether oxygens (including phenoxy) is 1. The van der Waals surface area contributed by atoms with Gasteiger partial charge in [0.25, 0.3) is 0 Å². The van der Waals surface area contributed by atoms with Crippen molar-refractivity contribution < 1.29 is 19.7 Å². The van der Waals surface area contributed by atoms with Crippen LogP contribution in [0.5, 0.6) is 0 Å². The summed E-state index contributed by atoms with van der Waals surface area (Å²) in [5.74, 6) is -0.558. The highest BCUT2D eigenvalue weighted by atomic mass is 16.5. The van der Waals surface area contributed by atoms with Gasteiger partial charge in [-0.25, -0.2) is 4.79 Å². The summed E-state index contributed by atoms with van der Waals surface area (Å²) in [5, 5.41) is 27.5. The lowest BCUT2D eigenvalue weighted by Gasteiger charge is -2.15. The molecule has 0 amide bonds. The zero-order valence-electron chi connectivity index (χ0n) is 9.83. The number of aliphatic hydroxyl groups excluding tert-OH is 2. The molecule has 1 aromatic rings. The van der Waals surface area contributed by atoms with E-state index in [1.807, 2.05) is 0 Å². The predicted molar refractivity (Wildman–Crippen MR) is 63.4 cm³/mol. The molecule has 1 rings (SSSR count). The average Bonchev–Trinajstić information content (AvgIpc) is 2.37. The Morgan fingerprint density at radius 2 is 2.22 bits per heavy atom. The highest BCUT2D eigenvalue weighted by Crippen LogP contribution is 2.24. The third kappa shape index (κ3) is 2.97. The molecule has 0 saturated carbocycles. The topological polar surface area (TPSA) is 117 Å². The summed E-state index contributed by atoms with van der Waals surface area (Å²) in [6.45, 7) is 1.90. The largest absolute Gasteiger partial charge is 0.462 e. The summed E-state index contributed by atoms with van der Waals surface area (Å²) in [5.41, 5.74) is 6.13. The summed E-state index contributed by atoms with van der Waals surface area (Å²) in [7, 11) is 0. The van der Waals surface area contributed by atoms with E-state index < -0.39 is 18.2 Å². The van der Waals surface area contributed by atoms with E-state index in [1.54, 1.807) is 6.92 Å². The van der Waals surface area contributed by atoms with Crippen molar-refractivity contribution in [1.29, 1.82) is 5.26 Å². The van der Waals surface area contributed by atoms with Gasteiger partial charge in [0.2, 0.25) is 0 Å². The Kier molecular flexibility index (Phi) is 4.66. The molecule has 0 bridgehead atoms. The van der Waals surface area contributed by atoms with E-state index in [0.717, 1.165) is 0 Å². The van der Waals surface area contributed by atoms with Gasteiger partial charge in [0.1, 0.15) is 6.10 Å². The van der Waals surface area contributed by atoms with Crippen LogP contribution >= 0.6 is 0 Å². The summed E-state index contributed by atoms with van der Waals surface area (Å²) >= 11 is 0. The van der Waals surface area contributed by atoms with Crippen LogP contribution in [0.1, 0.15) is 28.9 Å². The van der Waals surface area contributed by atoms with Crippen LogP contribution in [0.25, 0.3) is 0 Å². The standard InChI is InChI=1S/C12H14N2O4/c1-2-18-12(17)7-3-4-9(14)8(5-7)11(16)10(15)6-13/h3-5,10-11,15-16H,2,14H2,1H3. The Labute approximate surface area is 104 Å². The van der Waals surface area contributed by atoms with Crippen molar-refractivity contribution in [3.8, 4) is 6.07 Å². The van der Waals surface area contributed by atoms with Crippen molar-refractivity contribution in [1.82, 2.24) is 0 Å². The molecule has 6 nitrogen and oxygen atoms in total. The first kappa shape index (κ1) is 14.0. The first-order chi connectivity index (χ1) is 8.51. The molecule has 0 radical (unpaired) electrons. The maximum absolute atomic E-state index is 11.5. The number of nitrogens with two attached hydrogens (primary N) is 1. The van der Waals surface area contributed by atoms with Crippen LogP contribution in [0.4, 0.5) is 5.69 Å². The number of aliphatic hydroxyl groups is 2. The maximum Gasteiger partial charge on any atom is 0.338 e. The highest BCUT2D eigenvalue weighted by Gasteiger charge is 2.21. The highest BCUT2D eigenvalue weighted by molar-refractivity contribution is 5.90. The minimum Gasteiger partial charge on any atom is -0.462 e. The van der Waals surface area contributed by atoms with E-state index in [-0.39, 0.29) is 23.4 Å². The molecule has 6 heteroatoms. The Bertz CT molecular complexity index is 481. The molecule has 2 unspecified atom stereocenters. The molecule has 2 atom stereocenters. The zero-order valence-corrected chi connectivity index (χ0v) is 9.83. The minimum atomic E-state index is -1.61. The van der Waals surface area contributed by atoms with Crippen LogP contribution in [0.3, 0.4) is 0 Å². The summed E-state index contributed by atoms with van der Waals surface area (Å²) < 4.78 is 4.80. The van der Waals surface area contributed by atoms with Gasteiger partial charge >= 0.3 is 5.97 Å². The van der Waals surface area contributed by atoms with Crippen molar-refractivity contribution in [2.75, 3.05) is 12.3 Å². The molecule has 0 aromatic heterocycles. The first-order valence-electron chi connectivity index (χ1n) is 5.33. The van der Waals surface area contributed by atoms with Crippen molar-refractivity contribution in [3.63, 3.8) is 0 Å². The van der Waals surface area contributed by atoms with Gasteiger partial charge < -0.3 is 20.7 Å². The SMILES string of the molecule is CCOC(=O)c1ccc(N)c(C(O)C(O)C#N)c1. The number of rotatable bonds is 4. The van der Waals surface area contributed by atoms with Crippen molar-refractivity contribution in [3.05, 3.63) is 29.3 Å². The third-order valence-corrected chi connectivity index (χ3v) is 2.35. The molecule has 18 heavy (non-hydrogen) atoms. The fourth-order valence-corrected chi connectivity index (χ4v) is 1.41. The van der Waals surface area contributed by atoms with Gasteiger partial charge in [0.15, 0.2) is 6.10 Å². The molecule has 0 heterocycles. The van der Waals surface area contributed by atoms with Crippen molar-refractivity contribution >= 4 is 11.7 Å².